The van der Waals surface area contributed by atoms with Gasteiger partial charge in [-0.15, -0.1) is 0 Å². The number of aliphatic hydroxyl groups excluding tert-OH is 1. The van der Waals surface area contributed by atoms with Crippen LogP contribution in [0.4, 0.5) is 8.78 Å². The van der Waals surface area contributed by atoms with Gasteiger partial charge in [0.1, 0.15) is 17.2 Å². The van der Waals surface area contributed by atoms with Crippen molar-refractivity contribution in [2.45, 2.75) is 18.6 Å². The van der Waals surface area contributed by atoms with Crippen molar-refractivity contribution < 1.29 is 33.9 Å². The largest absolute Gasteiger partial charge is 0.508 e. The maximum Gasteiger partial charge on any atom is 0.187 e. The molecule has 0 aromatic heterocycles. The van der Waals surface area contributed by atoms with E-state index in [0.717, 1.165) is 18.2 Å². The van der Waals surface area contributed by atoms with Gasteiger partial charge in [-0.1, -0.05) is 0 Å². The van der Waals surface area contributed by atoms with E-state index in [2.05, 4.69) is 0 Å². The molecular weight excluding hydrogens is 298 g/mol. The summed E-state index contributed by atoms with van der Waals surface area (Å²) in [5, 5.41) is 38.4. The van der Waals surface area contributed by atoms with Crippen LogP contribution in [-0.2, 0) is 6.42 Å². The van der Waals surface area contributed by atoms with E-state index in [9.17, 15) is 24.1 Å². The number of halogens is 2. The third-order valence-corrected chi connectivity index (χ3v) is 3.55. The molecule has 1 heterocycles. The molecule has 0 spiro atoms. The quantitative estimate of drug-likeness (QED) is 0.648. The highest BCUT2D eigenvalue weighted by Crippen LogP contribution is 2.42. The Balaban J connectivity index is 2.03. The maximum atomic E-state index is 13.4. The average molecular weight is 310 g/mol. The number of phenols is 3. The maximum absolute atomic E-state index is 13.4. The fourth-order valence-corrected chi connectivity index (χ4v) is 2.50. The zero-order chi connectivity index (χ0) is 16.0. The van der Waals surface area contributed by atoms with Crippen molar-refractivity contribution in [2.24, 2.45) is 0 Å². The molecule has 4 N–H and O–H groups in total. The van der Waals surface area contributed by atoms with E-state index in [1.807, 2.05) is 0 Å². The molecule has 2 atom stereocenters. The number of fused-ring (bicyclic) bond motifs is 1. The minimum absolute atomic E-state index is 0.00576. The van der Waals surface area contributed by atoms with Crippen molar-refractivity contribution >= 4 is 0 Å². The summed E-state index contributed by atoms with van der Waals surface area (Å²) in [5.74, 6) is -3.82. The molecule has 0 aliphatic carbocycles. The number of hydrogen-bond acceptors (Lipinski definition) is 5. The molecule has 0 bridgehead atoms. The number of aromatic hydroxyl groups is 3. The topological polar surface area (TPSA) is 90.2 Å². The third kappa shape index (κ3) is 2.29. The fraction of sp³-hybridized carbons (Fsp3) is 0.200. The second-order valence-corrected chi connectivity index (χ2v) is 5.08. The molecule has 0 radical (unpaired) electrons. The number of ether oxygens (including phenoxy) is 1. The van der Waals surface area contributed by atoms with E-state index in [1.165, 1.54) is 6.07 Å². The van der Waals surface area contributed by atoms with Crippen LogP contribution in [0.15, 0.2) is 24.3 Å². The van der Waals surface area contributed by atoms with Gasteiger partial charge in [-0.2, -0.15) is 0 Å². The van der Waals surface area contributed by atoms with Gasteiger partial charge in [0, 0.05) is 29.7 Å². The highest BCUT2D eigenvalue weighted by Gasteiger charge is 2.33. The van der Waals surface area contributed by atoms with Crippen molar-refractivity contribution in [2.75, 3.05) is 0 Å². The fourth-order valence-electron chi connectivity index (χ4n) is 2.50. The molecule has 2 aromatic rings. The molecule has 22 heavy (non-hydrogen) atoms. The molecule has 5 nitrogen and oxygen atoms in total. The molecule has 116 valence electrons. The Kier molecular flexibility index (Phi) is 3.29. The van der Waals surface area contributed by atoms with Crippen molar-refractivity contribution in [3.8, 4) is 23.0 Å². The van der Waals surface area contributed by atoms with Gasteiger partial charge in [0.25, 0.3) is 0 Å². The van der Waals surface area contributed by atoms with Crippen molar-refractivity contribution in [3.05, 3.63) is 47.0 Å². The summed E-state index contributed by atoms with van der Waals surface area (Å²) in [7, 11) is 0. The number of hydrogen-bond donors (Lipinski definition) is 4. The van der Waals surface area contributed by atoms with Crippen LogP contribution < -0.4 is 4.74 Å². The van der Waals surface area contributed by atoms with Crippen LogP contribution in [0.2, 0.25) is 0 Å². The first-order valence-corrected chi connectivity index (χ1v) is 6.44. The van der Waals surface area contributed by atoms with E-state index < -0.39 is 29.6 Å². The van der Waals surface area contributed by atoms with Gasteiger partial charge in [0.05, 0.1) is 6.10 Å². The summed E-state index contributed by atoms with van der Waals surface area (Å²) in [6.45, 7) is 0. The molecule has 3 rings (SSSR count). The van der Waals surface area contributed by atoms with E-state index >= 15 is 0 Å². The Hall–Kier alpha value is -2.54. The van der Waals surface area contributed by atoms with E-state index in [4.69, 9.17) is 9.84 Å². The van der Waals surface area contributed by atoms with Gasteiger partial charge in [0.2, 0.25) is 0 Å². The lowest BCUT2D eigenvalue weighted by molar-refractivity contribution is 0.0194. The van der Waals surface area contributed by atoms with Crippen LogP contribution in [0.1, 0.15) is 17.2 Å². The highest BCUT2D eigenvalue weighted by atomic mass is 19.1. The summed E-state index contributed by atoms with van der Waals surface area (Å²) in [5.41, 5.74) is 0.287. The Bertz CT molecular complexity index is 724. The summed E-state index contributed by atoms with van der Waals surface area (Å²) < 4.78 is 32.3. The predicted molar refractivity (Wildman–Crippen MR) is 70.9 cm³/mol. The number of aliphatic hydroxyl groups is 1. The Labute approximate surface area is 123 Å². The van der Waals surface area contributed by atoms with Gasteiger partial charge in [-0.3, -0.25) is 0 Å². The standard InChI is InChI=1S/C15H12F2O5/c16-9-1-6(2-10(17)14(9)21)15-12(20)5-8-11(19)3-7(18)4-13(8)22-15/h1-4,12,15,18-21H,5H2/t12-,15-/m1/s1. The van der Waals surface area contributed by atoms with Crippen molar-refractivity contribution in [3.63, 3.8) is 0 Å². The lowest BCUT2D eigenvalue weighted by Gasteiger charge is -2.31. The Morgan fingerprint density at radius 1 is 1.00 bits per heavy atom. The molecule has 2 aromatic carbocycles. The smallest absolute Gasteiger partial charge is 0.187 e. The summed E-state index contributed by atoms with van der Waals surface area (Å²) >= 11 is 0. The Morgan fingerprint density at radius 3 is 2.27 bits per heavy atom. The first-order chi connectivity index (χ1) is 10.4. The van der Waals surface area contributed by atoms with Gasteiger partial charge < -0.3 is 25.2 Å². The van der Waals surface area contributed by atoms with Crippen LogP contribution >= 0.6 is 0 Å². The first-order valence-electron chi connectivity index (χ1n) is 6.44. The normalized spacial score (nSPS) is 20.3. The molecule has 1 aliphatic rings. The number of benzene rings is 2. The van der Waals surface area contributed by atoms with Crippen molar-refractivity contribution in [1.29, 1.82) is 0 Å². The monoisotopic (exact) mass is 310 g/mol. The number of rotatable bonds is 1. The van der Waals surface area contributed by atoms with E-state index in [0.29, 0.717) is 5.56 Å². The average Bonchev–Trinajstić information content (AvgIpc) is 2.44. The highest BCUT2D eigenvalue weighted by molar-refractivity contribution is 5.51. The number of phenolic OH excluding ortho intramolecular Hbond substituents is 3. The summed E-state index contributed by atoms with van der Waals surface area (Å²) in [6, 6.07) is 4.07. The molecule has 0 amide bonds. The minimum Gasteiger partial charge on any atom is -0.508 e. The third-order valence-electron chi connectivity index (χ3n) is 3.55. The van der Waals surface area contributed by atoms with Gasteiger partial charge >= 0.3 is 0 Å². The zero-order valence-electron chi connectivity index (χ0n) is 11.1. The second-order valence-electron chi connectivity index (χ2n) is 5.08. The molecule has 0 saturated carbocycles. The molecule has 0 unspecified atom stereocenters. The van der Waals surface area contributed by atoms with Crippen LogP contribution in [0.3, 0.4) is 0 Å². The van der Waals surface area contributed by atoms with Crippen LogP contribution in [-0.4, -0.2) is 26.5 Å². The van der Waals surface area contributed by atoms with E-state index in [-0.39, 0.29) is 29.2 Å². The molecule has 1 aliphatic heterocycles. The predicted octanol–water partition coefficient (Wildman–Crippen LogP) is 2.12. The van der Waals surface area contributed by atoms with E-state index in [1.54, 1.807) is 0 Å². The molecule has 7 heteroatoms. The molecule has 0 saturated heterocycles. The van der Waals surface area contributed by atoms with Crippen molar-refractivity contribution in [1.82, 2.24) is 0 Å². The van der Waals surface area contributed by atoms with Crippen LogP contribution in [0, 0.1) is 11.6 Å². The lowest BCUT2D eigenvalue weighted by Crippen LogP contribution is -2.30. The SMILES string of the molecule is Oc1cc(O)c2c(c1)O[C@H](c1cc(F)c(O)c(F)c1)[C@H](O)C2. The lowest BCUT2D eigenvalue weighted by atomic mass is 9.94. The van der Waals surface area contributed by atoms with Crippen LogP contribution in [0.5, 0.6) is 23.0 Å². The zero-order valence-corrected chi connectivity index (χ0v) is 11.1. The van der Waals surface area contributed by atoms with Crippen LogP contribution in [0.25, 0.3) is 0 Å². The summed E-state index contributed by atoms with van der Waals surface area (Å²) in [6.07, 6.45) is -2.28. The van der Waals surface area contributed by atoms with Gasteiger partial charge in [-0.25, -0.2) is 8.78 Å². The molecule has 0 fully saturated rings. The van der Waals surface area contributed by atoms with Gasteiger partial charge in [-0.05, 0) is 12.1 Å². The Morgan fingerprint density at radius 2 is 1.64 bits per heavy atom. The first kappa shape index (κ1) is 14.4. The minimum atomic E-state index is -1.17. The van der Waals surface area contributed by atoms with Gasteiger partial charge in [0.15, 0.2) is 23.5 Å². The molecular formula is C15H12F2O5. The second kappa shape index (κ2) is 5.03. The summed E-state index contributed by atoms with van der Waals surface area (Å²) in [4.78, 5) is 0.